The van der Waals surface area contributed by atoms with Gasteiger partial charge in [-0.1, -0.05) is 52.3 Å². The van der Waals surface area contributed by atoms with E-state index in [1.165, 1.54) is 24.3 Å². The fourth-order valence-corrected chi connectivity index (χ4v) is 4.80. The summed E-state index contributed by atoms with van der Waals surface area (Å²) >= 11 is 3.43. The summed E-state index contributed by atoms with van der Waals surface area (Å²) in [7, 11) is 1.63. The topological polar surface area (TPSA) is 53.1 Å². The zero-order chi connectivity index (χ0) is 26.9. The molecule has 1 aliphatic heterocycles. The second-order valence-corrected chi connectivity index (χ2v) is 9.96. The standard InChI is InChI=1S/C30H31BrFN3O3/c1-38-28-10-3-2-6-23(28)8-5-15-34(29(36)24-11-13-27(32)14-12-24)19-16-33-17-20-35(21-18-33)30(37)25-7-4-9-26(31)22-25/h2-14,22H,15-21H2,1H3/b8-5+. The van der Waals surface area contributed by atoms with Crippen LogP contribution >= 0.6 is 15.9 Å². The Hall–Kier alpha value is -3.49. The minimum Gasteiger partial charge on any atom is -0.496 e. The fourth-order valence-electron chi connectivity index (χ4n) is 4.40. The third-order valence-electron chi connectivity index (χ3n) is 6.56. The molecule has 0 unspecified atom stereocenters. The summed E-state index contributed by atoms with van der Waals surface area (Å²) in [5.74, 6) is 0.258. The Morgan fingerprint density at radius 3 is 2.42 bits per heavy atom. The lowest BCUT2D eigenvalue weighted by molar-refractivity contribution is 0.0609. The van der Waals surface area contributed by atoms with Crippen LogP contribution in [0.5, 0.6) is 5.75 Å². The normalized spacial score (nSPS) is 14.0. The second-order valence-electron chi connectivity index (χ2n) is 9.05. The molecule has 3 aromatic carbocycles. The van der Waals surface area contributed by atoms with Crippen molar-refractivity contribution in [1.29, 1.82) is 0 Å². The molecule has 8 heteroatoms. The molecular weight excluding hydrogens is 549 g/mol. The molecule has 2 amide bonds. The number of ether oxygens (including phenoxy) is 1. The number of carbonyl (C=O) groups is 2. The molecule has 0 aromatic heterocycles. The van der Waals surface area contributed by atoms with E-state index in [1.54, 1.807) is 12.0 Å². The Labute approximate surface area is 231 Å². The highest BCUT2D eigenvalue weighted by atomic mass is 79.9. The number of nitrogens with zero attached hydrogens (tertiary/aromatic N) is 3. The van der Waals surface area contributed by atoms with Crippen LogP contribution in [0.3, 0.4) is 0 Å². The molecule has 4 rings (SSSR count). The molecule has 0 radical (unpaired) electrons. The van der Waals surface area contributed by atoms with E-state index in [0.717, 1.165) is 28.9 Å². The third-order valence-corrected chi connectivity index (χ3v) is 7.05. The highest BCUT2D eigenvalue weighted by Gasteiger charge is 2.23. The van der Waals surface area contributed by atoms with E-state index in [4.69, 9.17) is 4.74 Å². The van der Waals surface area contributed by atoms with E-state index >= 15 is 0 Å². The third kappa shape index (κ3) is 7.30. The first kappa shape index (κ1) is 27.5. The zero-order valence-electron chi connectivity index (χ0n) is 21.4. The predicted octanol–water partition coefficient (Wildman–Crippen LogP) is 5.21. The molecule has 0 saturated carbocycles. The molecule has 0 spiro atoms. The van der Waals surface area contributed by atoms with Gasteiger partial charge in [0.1, 0.15) is 11.6 Å². The molecule has 0 atom stereocenters. The number of piperazine rings is 1. The monoisotopic (exact) mass is 579 g/mol. The number of hydrogen-bond acceptors (Lipinski definition) is 4. The number of benzene rings is 3. The fraction of sp³-hybridized carbons (Fsp3) is 0.267. The number of para-hydroxylation sites is 1. The number of rotatable bonds is 9. The van der Waals surface area contributed by atoms with Crippen molar-refractivity contribution in [3.63, 3.8) is 0 Å². The van der Waals surface area contributed by atoms with Crippen LogP contribution in [0, 0.1) is 5.82 Å². The van der Waals surface area contributed by atoms with Crippen LogP contribution in [-0.2, 0) is 0 Å². The maximum atomic E-state index is 13.4. The van der Waals surface area contributed by atoms with E-state index in [0.29, 0.717) is 43.9 Å². The summed E-state index contributed by atoms with van der Waals surface area (Å²) in [6, 6.07) is 20.8. The highest BCUT2D eigenvalue weighted by molar-refractivity contribution is 9.10. The molecule has 3 aromatic rings. The largest absolute Gasteiger partial charge is 0.496 e. The van der Waals surface area contributed by atoms with Gasteiger partial charge in [0.05, 0.1) is 7.11 Å². The predicted molar refractivity (Wildman–Crippen MR) is 151 cm³/mol. The molecule has 1 aliphatic rings. The second kappa shape index (κ2) is 13.3. The molecule has 1 saturated heterocycles. The highest BCUT2D eigenvalue weighted by Crippen LogP contribution is 2.19. The maximum absolute atomic E-state index is 13.4. The number of hydrogen-bond donors (Lipinski definition) is 0. The van der Waals surface area contributed by atoms with Crippen molar-refractivity contribution in [2.24, 2.45) is 0 Å². The average molecular weight is 580 g/mol. The Morgan fingerprint density at radius 2 is 1.71 bits per heavy atom. The first-order valence-corrected chi connectivity index (χ1v) is 13.4. The lowest BCUT2D eigenvalue weighted by Gasteiger charge is -2.36. The van der Waals surface area contributed by atoms with Crippen molar-refractivity contribution in [2.75, 3.05) is 52.9 Å². The Morgan fingerprint density at radius 1 is 0.974 bits per heavy atom. The minimum atomic E-state index is -0.376. The van der Waals surface area contributed by atoms with Crippen molar-refractivity contribution in [2.45, 2.75) is 0 Å². The van der Waals surface area contributed by atoms with Crippen LogP contribution < -0.4 is 4.74 Å². The first-order chi connectivity index (χ1) is 18.4. The lowest BCUT2D eigenvalue weighted by atomic mass is 10.1. The van der Waals surface area contributed by atoms with Crippen molar-refractivity contribution in [3.8, 4) is 5.75 Å². The van der Waals surface area contributed by atoms with Gasteiger partial charge < -0.3 is 14.5 Å². The molecule has 0 N–H and O–H groups in total. The lowest BCUT2D eigenvalue weighted by Crippen LogP contribution is -2.50. The Balaban J connectivity index is 1.37. The molecule has 1 fully saturated rings. The number of amides is 2. The summed E-state index contributed by atoms with van der Waals surface area (Å²) in [4.78, 5) is 32.1. The summed E-state index contributed by atoms with van der Waals surface area (Å²) in [5, 5.41) is 0. The van der Waals surface area contributed by atoms with Crippen molar-refractivity contribution < 1.29 is 18.7 Å². The molecule has 1 heterocycles. The van der Waals surface area contributed by atoms with Gasteiger partial charge in [-0.05, 0) is 48.5 Å². The van der Waals surface area contributed by atoms with Gasteiger partial charge >= 0.3 is 0 Å². The Kier molecular flexibility index (Phi) is 9.67. The van der Waals surface area contributed by atoms with Gasteiger partial charge in [0.15, 0.2) is 0 Å². The molecule has 198 valence electrons. The van der Waals surface area contributed by atoms with Gasteiger partial charge in [0.2, 0.25) is 0 Å². The molecule has 0 bridgehead atoms. The van der Waals surface area contributed by atoms with Crippen molar-refractivity contribution in [1.82, 2.24) is 14.7 Å². The minimum absolute atomic E-state index is 0.0283. The summed E-state index contributed by atoms with van der Waals surface area (Å²) in [6.07, 6.45) is 3.88. The van der Waals surface area contributed by atoms with Crippen molar-refractivity contribution >= 4 is 33.8 Å². The zero-order valence-corrected chi connectivity index (χ0v) is 22.9. The molecule has 6 nitrogen and oxygen atoms in total. The summed E-state index contributed by atoms with van der Waals surface area (Å²) < 4.78 is 19.7. The number of carbonyl (C=O) groups excluding carboxylic acids is 2. The van der Waals surface area contributed by atoms with Crippen molar-refractivity contribution in [3.05, 3.63) is 106 Å². The summed E-state index contributed by atoms with van der Waals surface area (Å²) in [5.41, 5.74) is 2.04. The van der Waals surface area contributed by atoms with E-state index < -0.39 is 0 Å². The Bertz CT molecular complexity index is 1270. The van der Waals surface area contributed by atoms with E-state index in [-0.39, 0.29) is 17.6 Å². The van der Waals surface area contributed by atoms with E-state index in [9.17, 15) is 14.0 Å². The van der Waals surface area contributed by atoms with Crippen LogP contribution in [-0.4, -0.2) is 79.4 Å². The first-order valence-electron chi connectivity index (χ1n) is 12.6. The van der Waals surface area contributed by atoms with Gasteiger partial charge in [-0.3, -0.25) is 14.5 Å². The van der Waals surface area contributed by atoms with Crippen LogP contribution in [0.2, 0.25) is 0 Å². The quantitative estimate of drug-likeness (QED) is 0.349. The molecule has 38 heavy (non-hydrogen) atoms. The van der Waals surface area contributed by atoms with Gasteiger partial charge in [-0.2, -0.15) is 0 Å². The van der Waals surface area contributed by atoms with Gasteiger partial charge in [-0.15, -0.1) is 0 Å². The van der Waals surface area contributed by atoms with Crippen LogP contribution in [0.4, 0.5) is 4.39 Å². The van der Waals surface area contributed by atoms with Gasteiger partial charge in [0.25, 0.3) is 11.8 Å². The van der Waals surface area contributed by atoms with E-state index in [1.807, 2.05) is 65.6 Å². The van der Waals surface area contributed by atoms with Crippen LogP contribution in [0.15, 0.2) is 83.3 Å². The SMILES string of the molecule is COc1ccccc1/C=C/CN(CCN1CCN(C(=O)c2cccc(Br)c2)CC1)C(=O)c1ccc(F)cc1. The van der Waals surface area contributed by atoms with Crippen LogP contribution in [0.1, 0.15) is 26.3 Å². The van der Waals surface area contributed by atoms with Gasteiger partial charge in [-0.25, -0.2) is 4.39 Å². The smallest absolute Gasteiger partial charge is 0.254 e. The van der Waals surface area contributed by atoms with Crippen LogP contribution in [0.25, 0.3) is 6.08 Å². The summed E-state index contributed by atoms with van der Waals surface area (Å²) in [6.45, 7) is 4.30. The number of halogens is 2. The molecule has 0 aliphatic carbocycles. The average Bonchev–Trinajstić information content (AvgIpc) is 2.95. The molecular formula is C30H31BrFN3O3. The van der Waals surface area contributed by atoms with Gasteiger partial charge in [0, 0.05) is 67.0 Å². The van der Waals surface area contributed by atoms with E-state index in [2.05, 4.69) is 20.8 Å². The number of methoxy groups -OCH3 is 1. The maximum Gasteiger partial charge on any atom is 0.254 e.